The molecule has 0 atom stereocenters. The molecule has 0 saturated heterocycles. The third-order valence-electron chi connectivity index (χ3n) is 2.94. The lowest BCUT2D eigenvalue weighted by molar-refractivity contribution is 0.677. The van der Waals surface area contributed by atoms with Crippen LogP contribution in [0.2, 0.25) is 0 Å². The van der Waals surface area contributed by atoms with E-state index in [0.717, 1.165) is 16.5 Å². The first kappa shape index (κ1) is 11.6. The van der Waals surface area contributed by atoms with Crippen LogP contribution in [0.25, 0.3) is 10.9 Å². The fourth-order valence-corrected chi connectivity index (χ4v) is 2.19. The van der Waals surface area contributed by atoms with Gasteiger partial charge < -0.3 is 5.41 Å². The number of allylic oxidation sites excluding steroid dienone is 1. The van der Waals surface area contributed by atoms with Gasteiger partial charge >= 0.3 is 0 Å². The molecule has 3 nitrogen and oxygen atoms in total. The molecular formula is C14H17N3. The summed E-state index contributed by atoms with van der Waals surface area (Å²) in [6.45, 7) is 7.94. The molecule has 0 spiro atoms. The van der Waals surface area contributed by atoms with Crippen LogP contribution >= 0.6 is 0 Å². The second-order valence-corrected chi connectivity index (χ2v) is 4.51. The van der Waals surface area contributed by atoms with Crippen molar-refractivity contribution in [1.29, 1.82) is 5.41 Å². The van der Waals surface area contributed by atoms with Crippen LogP contribution in [-0.4, -0.2) is 15.5 Å². The van der Waals surface area contributed by atoms with Crippen molar-refractivity contribution in [3.05, 3.63) is 42.1 Å². The number of nitrogens with one attached hydrogen (secondary N) is 1. The first-order valence-electron chi connectivity index (χ1n) is 5.72. The summed E-state index contributed by atoms with van der Waals surface area (Å²) in [7, 11) is 1.97. The van der Waals surface area contributed by atoms with Crippen LogP contribution in [0.5, 0.6) is 0 Å². The van der Waals surface area contributed by atoms with Gasteiger partial charge in [-0.25, -0.2) is 0 Å². The number of hydrogen-bond donors (Lipinski definition) is 1. The summed E-state index contributed by atoms with van der Waals surface area (Å²) in [4.78, 5) is 0. The summed E-state index contributed by atoms with van der Waals surface area (Å²) in [5, 5.41) is 13.4. The van der Waals surface area contributed by atoms with Crippen molar-refractivity contribution in [2.24, 2.45) is 7.05 Å². The first-order chi connectivity index (χ1) is 8.04. The number of rotatable bonds is 3. The maximum absolute atomic E-state index is 7.79. The Hall–Kier alpha value is -1.90. The topological polar surface area (TPSA) is 41.7 Å². The van der Waals surface area contributed by atoms with Crippen LogP contribution in [0.1, 0.15) is 31.0 Å². The van der Waals surface area contributed by atoms with E-state index in [1.807, 2.05) is 29.9 Å². The highest BCUT2D eigenvalue weighted by atomic mass is 15.3. The third kappa shape index (κ3) is 1.88. The van der Waals surface area contributed by atoms with Crippen LogP contribution in [0.4, 0.5) is 0 Å². The predicted octanol–water partition coefficient (Wildman–Crippen LogP) is 3.25. The molecule has 2 rings (SSSR count). The zero-order valence-electron chi connectivity index (χ0n) is 10.5. The maximum atomic E-state index is 7.79. The van der Waals surface area contributed by atoms with Crippen molar-refractivity contribution in [1.82, 2.24) is 9.78 Å². The van der Waals surface area contributed by atoms with Gasteiger partial charge in [0.05, 0.1) is 11.2 Å². The number of aryl methyl sites for hydroxylation is 1. The predicted molar refractivity (Wildman–Crippen MR) is 71.8 cm³/mol. The Morgan fingerprint density at radius 3 is 2.76 bits per heavy atom. The molecule has 2 aromatic rings. The standard InChI is InChI=1S/C14H17N3/c1-5-12(15)10-6-7-13-11(8-10)14(9(2)3)17(4)16-13/h5-9,15H,1H2,2-4H3. The number of hydrogen-bond acceptors (Lipinski definition) is 2. The summed E-state index contributed by atoms with van der Waals surface area (Å²) in [6, 6.07) is 5.92. The molecule has 1 aromatic heterocycles. The van der Waals surface area contributed by atoms with Crippen molar-refractivity contribution in [3.8, 4) is 0 Å². The van der Waals surface area contributed by atoms with Gasteiger partial charge in [-0.3, -0.25) is 4.68 Å². The third-order valence-corrected chi connectivity index (χ3v) is 2.94. The molecule has 1 aromatic carbocycles. The van der Waals surface area contributed by atoms with Crippen molar-refractivity contribution < 1.29 is 0 Å². The van der Waals surface area contributed by atoms with Gasteiger partial charge in [-0.05, 0) is 24.1 Å². The summed E-state index contributed by atoms with van der Waals surface area (Å²) in [6.07, 6.45) is 1.56. The van der Waals surface area contributed by atoms with E-state index in [0.29, 0.717) is 11.6 Å². The molecule has 17 heavy (non-hydrogen) atoms. The van der Waals surface area contributed by atoms with Crippen LogP contribution in [0, 0.1) is 5.41 Å². The van der Waals surface area contributed by atoms with E-state index in [2.05, 4.69) is 25.5 Å². The van der Waals surface area contributed by atoms with E-state index in [1.165, 1.54) is 5.69 Å². The molecule has 0 saturated carbocycles. The lowest BCUT2D eigenvalue weighted by Crippen LogP contribution is -2.00. The van der Waals surface area contributed by atoms with Crippen molar-refractivity contribution >= 4 is 16.6 Å². The fourth-order valence-electron chi connectivity index (χ4n) is 2.19. The molecular weight excluding hydrogens is 210 g/mol. The SMILES string of the molecule is C=CC(=N)c1ccc2nn(C)c(C(C)C)c2c1. The van der Waals surface area contributed by atoms with Gasteiger partial charge in [0.1, 0.15) is 0 Å². The Kier molecular flexibility index (Phi) is 2.84. The van der Waals surface area contributed by atoms with Crippen LogP contribution in [0.3, 0.4) is 0 Å². The van der Waals surface area contributed by atoms with Gasteiger partial charge in [-0.1, -0.05) is 26.5 Å². The van der Waals surface area contributed by atoms with Crippen molar-refractivity contribution in [2.75, 3.05) is 0 Å². The van der Waals surface area contributed by atoms with E-state index >= 15 is 0 Å². The monoisotopic (exact) mass is 227 g/mol. The zero-order chi connectivity index (χ0) is 12.6. The van der Waals surface area contributed by atoms with Gasteiger partial charge in [-0.15, -0.1) is 0 Å². The second-order valence-electron chi connectivity index (χ2n) is 4.51. The van der Waals surface area contributed by atoms with Crippen molar-refractivity contribution in [2.45, 2.75) is 19.8 Å². The molecule has 0 aliphatic carbocycles. The van der Waals surface area contributed by atoms with Crippen molar-refractivity contribution in [3.63, 3.8) is 0 Å². The van der Waals surface area contributed by atoms with E-state index in [4.69, 9.17) is 5.41 Å². The zero-order valence-corrected chi connectivity index (χ0v) is 10.5. The van der Waals surface area contributed by atoms with Gasteiger partial charge in [0, 0.05) is 23.7 Å². The highest BCUT2D eigenvalue weighted by molar-refractivity contribution is 6.08. The highest BCUT2D eigenvalue weighted by Gasteiger charge is 2.12. The summed E-state index contributed by atoms with van der Waals surface area (Å²) in [5.74, 6) is 0.415. The lowest BCUT2D eigenvalue weighted by atomic mass is 10.0. The molecule has 3 heteroatoms. The normalized spacial score (nSPS) is 11.1. The average molecular weight is 227 g/mol. The molecule has 0 unspecified atom stereocenters. The Balaban J connectivity index is 2.70. The van der Waals surface area contributed by atoms with E-state index in [-0.39, 0.29) is 0 Å². The van der Waals surface area contributed by atoms with E-state index in [1.54, 1.807) is 6.08 Å². The summed E-state index contributed by atoms with van der Waals surface area (Å²) >= 11 is 0. The maximum Gasteiger partial charge on any atom is 0.0926 e. The number of aromatic nitrogens is 2. The van der Waals surface area contributed by atoms with Crippen LogP contribution in [0.15, 0.2) is 30.9 Å². The number of benzene rings is 1. The number of fused-ring (bicyclic) bond motifs is 1. The fraction of sp³-hybridized carbons (Fsp3) is 0.286. The molecule has 0 bridgehead atoms. The molecule has 0 fully saturated rings. The van der Waals surface area contributed by atoms with Crippen LogP contribution in [-0.2, 0) is 7.05 Å². The highest BCUT2D eigenvalue weighted by Crippen LogP contribution is 2.25. The Labute approximate surface area is 101 Å². The molecule has 88 valence electrons. The first-order valence-corrected chi connectivity index (χ1v) is 5.72. The van der Waals surface area contributed by atoms with E-state index < -0.39 is 0 Å². The smallest absolute Gasteiger partial charge is 0.0926 e. The number of nitrogens with zero attached hydrogens (tertiary/aromatic N) is 2. The lowest BCUT2D eigenvalue weighted by Gasteiger charge is -2.06. The minimum absolute atomic E-state index is 0.415. The molecule has 0 aliphatic rings. The summed E-state index contributed by atoms with van der Waals surface area (Å²) in [5.41, 5.74) is 3.53. The molecule has 0 aliphatic heterocycles. The Bertz CT molecular complexity index is 591. The van der Waals surface area contributed by atoms with E-state index in [9.17, 15) is 0 Å². The van der Waals surface area contributed by atoms with Crippen LogP contribution < -0.4 is 0 Å². The average Bonchev–Trinajstić information content (AvgIpc) is 2.62. The molecule has 1 heterocycles. The molecule has 0 amide bonds. The second kappa shape index (κ2) is 4.17. The van der Waals surface area contributed by atoms with Gasteiger partial charge in [-0.2, -0.15) is 5.10 Å². The van der Waals surface area contributed by atoms with Gasteiger partial charge in [0.2, 0.25) is 0 Å². The Morgan fingerprint density at radius 2 is 2.18 bits per heavy atom. The molecule has 0 radical (unpaired) electrons. The Morgan fingerprint density at radius 1 is 1.47 bits per heavy atom. The summed E-state index contributed by atoms with van der Waals surface area (Å²) < 4.78 is 1.93. The van der Waals surface area contributed by atoms with Gasteiger partial charge in [0.15, 0.2) is 0 Å². The quantitative estimate of drug-likeness (QED) is 0.803. The van der Waals surface area contributed by atoms with Gasteiger partial charge in [0.25, 0.3) is 0 Å². The minimum atomic E-state index is 0.415. The largest absolute Gasteiger partial charge is 0.300 e. The minimum Gasteiger partial charge on any atom is -0.300 e. The molecule has 1 N–H and O–H groups in total.